The number of methoxy groups -OCH3 is 1. The van der Waals surface area contributed by atoms with Crippen molar-refractivity contribution in [3.63, 3.8) is 0 Å². The molecule has 0 amide bonds. The minimum atomic E-state index is -1.19. The Morgan fingerprint density at radius 2 is 2.29 bits per heavy atom. The quantitative estimate of drug-likeness (QED) is 0.869. The summed E-state index contributed by atoms with van der Waals surface area (Å²) in [5.74, 6) is -3.22. The topological polar surface area (TPSA) is 72.5 Å². The second kappa shape index (κ2) is 5.33. The Morgan fingerprint density at radius 1 is 1.71 bits per heavy atom. The highest BCUT2D eigenvalue weighted by atomic mass is 35.5. The third-order valence-electron chi connectivity index (χ3n) is 2.48. The summed E-state index contributed by atoms with van der Waals surface area (Å²) in [4.78, 5) is 11.0. The minimum Gasteiger partial charge on any atom is -0.492 e. The summed E-state index contributed by atoms with van der Waals surface area (Å²) in [6.07, 6.45) is 0. The first-order valence-electron chi connectivity index (χ1n) is 4.89. The Labute approximate surface area is 103 Å². The average Bonchev–Trinajstić information content (AvgIpc) is 2.26. The molecule has 94 valence electrons. The van der Waals surface area contributed by atoms with E-state index in [4.69, 9.17) is 27.2 Å². The van der Waals surface area contributed by atoms with Gasteiger partial charge in [-0.2, -0.15) is 0 Å². The summed E-state index contributed by atoms with van der Waals surface area (Å²) in [7, 11) is 1.27. The molecule has 1 atom stereocenters. The number of ether oxygens (including phenoxy) is 1. The molecule has 0 bridgehead atoms. The van der Waals surface area contributed by atoms with E-state index in [2.05, 4.69) is 0 Å². The smallest absolute Gasteiger partial charge is 0.312 e. The van der Waals surface area contributed by atoms with Gasteiger partial charge in [0.05, 0.1) is 18.1 Å². The van der Waals surface area contributed by atoms with Crippen molar-refractivity contribution in [1.82, 2.24) is 0 Å². The third-order valence-corrected chi connectivity index (χ3v) is 2.95. The van der Waals surface area contributed by atoms with E-state index in [-0.39, 0.29) is 22.9 Å². The van der Waals surface area contributed by atoms with Crippen LogP contribution in [0.1, 0.15) is 17.0 Å². The number of carboxylic acid groups (broad SMARTS) is 1. The third kappa shape index (κ3) is 2.50. The van der Waals surface area contributed by atoms with Gasteiger partial charge in [0.1, 0.15) is 0 Å². The SMILES string of the molecule is COc1c(F)c(C(CN)C(=O)O)cc(C)c1Cl. The number of rotatable bonds is 4. The van der Waals surface area contributed by atoms with Crippen molar-refractivity contribution < 1.29 is 19.0 Å². The molecular weight excluding hydrogens is 249 g/mol. The number of aryl methyl sites for hydroxylation is 1. The van der Waals surface area contributed by atoms with Gasteiger partial charge in [-0.05, 0) is 12.5 Å². The summed E-state index contributed by atoms with van der Waals surface area (Å²) in [5, 5.41) is 9.09. The first-order chi connectivity index (χ1) is 7.93. The molecule has 1 unspecified atom stereocenters. The van der Waals surface area contributed by atoms with Crippen LogP contribution in [0.2, 0.25) is 5.02 Å². The fourth-order valence-electron chi connectivity index (χ4n) is 1.56. The number of nitrogens with two attached hydrogens (primary N) is 1. The van der Waals surface area contributed by atoms with Gasteiger partial charge in [0.25, 0.3) is 0 Å². The molecule has 0 aromatic heterocycles. The van der Waals surface area contributed by atoms with Crippen LogP contribution < -0.4 is 10.5 Å². The van der Waals surface area contributed by atoms with Gasteiger partial charge in [-0.25, -0.2) is 4.39 Å². The normalized spacial score (nSPS) is 12.3. The van der Waals surface area contributed by atoms with Crippen molar-refractivity contribution in [3.05, 3.63) is 28.0 Å². The standard InChI is InChI=1S/C11H13ClFNO3/c1-5-3-6(7(4-14)11(15)16)9(13)10(17-2)8(5)12/h3,7H,4,14H2,1-2H3,(H,15,16). The summed E-state index contributed by atoms with van der Waals surface area (Å²) in [6.45, 7) is 1.44. The number of carbonyl (C=O) groups is 1. The van der Waals surface area contributed by atoms with Crippen LogP contribution >= 0.6 is 11.6 Å². The van der Waals surface area contributed by atoms with Crippen molar-refractivity contribution in [2.75, 3.05) is 13.7 Å². The van der Waals surface area contributed by atoms with Crippen LogP contribution in [-0.2, 0) is 4.79 Å². The molecule has 17 heavy (non-hydrogen) atoms. The zero-order valence-electron chi connectivity index (χ0n) is 9.46. The molecule has 0 saturated carbocycles. The van der Waals surface area contributed by atoms with Crippen LogP contribution in [0.4, 0.5) is 4.39 Å². The Morgan fingerprint density at radius 3 is 2.71 bits per heavy atom. The van der Waals surface area contributed by atoms with Crippen molar-refractivity contribution in [3.8, 4) is 5.75 Å². The highest BCUT2D eigenvalue weighted by Crippen LogP contribution is 2.35. The molecular formula is C11H13ClFNO3. The molecule has 0 aliphatic rings. The fraction of sp³-hybridized carbons (Fsp3) is 0.364. The molecule has 0 radical (unpaired) electrons. The van der Waals surface area contributed by atoms with Crippen molar-refractivity contribution >= 4 is 17.6 Å². The Balaban J connectivity index is 3.44. The Hall–Kier alpha value is -1.33. The van der Waals surface area contributed by atoms with Crippen LogP contribution in [0.15, 0.2) is 6.07 Å². The lowest BCUT2D eigenvalue weighted by Gasteiger charge is -2.16. The van der Waals surface area contributed by atoms with E-state index in [9.17, 15) is 9.18 Å². The minimum absolute atomic E-state index is 0.0150. The molecule has 1 rings (SSSR count). The van der Waals surface area contributed by atoms with Crippen LogP contribution in [0.25, 0.3) is 0 Å². The highest BCUT2D eigenvalue weighted by molar-refractivity contribution is 6.32. The summed E-state index contributed by atoms with van der Waals surface area (Å²) in [6, 6.07) is 1.38. The van der Waals surface area contributed by atoms with Gasteiger partial charge >= 0.3 is 5.97 Å². The average molecular weight is 262 g/mol. The maximum atomic E-state index is 14.0. The number of hydrogen-bond acceptors (Lipinski definition) is 3. The van der Waals surface area contributed by atoms with E-state index in [1.807, 2.05) is 0 Å². The molecule has 0 aliphatic heterocycles. The Bertz CT molecular complexity index is 451. The molecule has 1 aromatic rings. The molecule has 0 saturated heterocycles. The van der Waals surface area contributed by atoms with Gasteiger partial charge in [-0.15, -0.1) is 0 Å². The molecule has 0 heterocycles. The number of hydrogen-bond donors (Lipinski definition) is 2. The first-order valence-corrected chi connectivity index (χ1v) is 5.27. The van der Waals surface area contributed by atoms with Crippen LogP contribution in [0, 0.1) is 12.7 Å². The van der Waals surface area contributed by atoms with Gasteiger partial charge in [0.2, 0.25) is 0 Å². The largest absolute Gasteiger partial charge is 0.492 e. The predicted molar refractivity (Wildman–Crippen MR) is 62.1 cm³/mol. The maximum absolute atomic E-state index is 14.0. The highest BCUT2D eigenvalue weighted by Gasteiger charge is 2.26. The van der Waals surface area contributed by atoms with E-state index in [1.165, 1.54) is 13.2 Å². The number of aliphatic carboxylic acids is 1. The number of halogens is 2. The van der Waals surface area contributed by atoms with Crippen molar-refractivity contribution in [2.45, 2.75) is 12.8 Å². The van der Waals surface area contributed by atoms with Crippen molar-refractivity contribution in [1.29, 1.82) is 0 Å². The zero-order chi connectivity index (χ0) is 13.2. The Kier molecular flexibility index (Phi) is 4.31. The molecule has 0 spiro atoms. The van der Waals surface area contributed by atoms with E-state index in [1.54, 1.807) is 6.92 Å². The summed E-state index contributed by atoms with van der Waals surface area (Å²) < 4.78 is 18.8. The number of benzene rings is 1. The monoisotopic (exact) mass is 261 g/mol. The van der Waals surface area contributed by atoms with Gasteiger partial charge in [-0.1, -0.05) is 17.7 Å². The summed E-state index contributed by atoms with van der Waals surface area (Å²) in [5.41, 5.74) is 5.86. The summed E-state index contributed by atoms with van der Waals surface area (Å²) >= 11 is 5.85. The second-order valence-electron chi connectivity index (χ2n) is 3.57. The van der Waals surface area contributed by atoms with E-state index in [0.29, 0.717) is 5.56 Å². The zero-order valence-corrected chi connectivity index (χ0v) is 10.2. The number of carboxylic acids is 1. The van der Waals surface area contributed by atoms with E-state index in [0.717, 1.165) is 0 Å². The van der Waals surface area contributed by atoms with E-state index < -0.39 is 17.7 Å². The molecule has 6 heteroatoms. The first kappa shape index (κ1) is 13.7. The maximum Gasteiger partial charge on any atom is 0.312 e. The lowest BCUT2D eigenvalue weighted by atomic mass is 9.96. The van der Waals surface area contributed by atoms with E-state index >= 15 is 0 Å². The van der Waals surface area contributed by atoms with Gasteiger partial charge in [0.15, 0.2) is 11.6 Å². The molecule has 1 aromatic carbocycles. The van der Waals surface area contributed by atoms with Gasteiger partial charge in [-0.3, -0.25) is 4.79 Å². The molecule has 4 nitrogen and oxygen atoms in total. The molecule has 0 aliphatic carbocycles. The van der Waals surface area contributed by atoms with Crippen LogP contribution in [0.3, 0.4) is 0 Å². The second-order valence-corrected chi connectivity index (χ2v) is 3.95. The van der Waals surface area contributed by atoms with Crippen LogP contribution in [0.5, 0.6) is 5.75 Å². The fourth-order valence-corrected chi connectivity index (χ4v) is 1.77. The molecule has 0 fully saturated rings. The predicted octanol–water partition coefficient (Wildman–Crippen LogP) is 1.92. The van der Waals surface area contributed by atoms with Gasteiger partial charge in [0, 0.05) is 12.1 Å². The lowest BCUT2D eigenvalue weighted by molar-refractivity contribution is -0.138. The van der Waals surface area contributed by atoms with Gasteiger partial charge < -0.3 is 15.6 Å². The lowest BCUT2D eigenvalue weighted by Crippen LogP contribution is -2.22. The van der Waals surface area contributed by atoms with Crippen molar-refractivity contribution in [2.24, 2.45) is 5.73 Å². The molecule has 3 N–H and O–H groups in total. The van der Waals surface area contributed by atoms with Crippen LogP contribution in [-0.4, -0.2) is 24.7 Å².